The molecule has 1 N–H and O–H groups in total. The van der Waals surface area contributed by atoms with Crippen LogP contribution in [-0.2, 0) is 14.3 Å². The number of aliphatic hydroxyl groups excluding tert-OH is 1. The van der Waals surface area contributed by atoms with Gasteiger partial charge in [-0.1, -0.05) is 25.5 Å². The number of hydrogen-bond donors (Lipinski definition) is 1. The zero-order chi connectivity index (χ0) is 16.7. The van der Waals surface area contributed by atoms with Gasteiger partial charge in [0.05, 0.1) is 0 Å². The summed E-state index contributed by atoms with van der Waals surface area (Å²) >= 11 is 0. The molecule has 4 heteroatoms. The highest BCUT2D eigenvalue weighted by Gasteiger charge is 2.34. The summed E-state index contributed by atoms with van der Waals surface area (Å²) in [4.78, 5) is 24.0. The maximum Gasteiger partial charge on any atom is 0.345 e. The number of ether oxygens (including phenoxy) is 1. The molecule has 124 valence electrons. The monoisotopic (exact) mass is 308 g/mol. The Hall–Kier alpha value is -1.58. The highest BCUT2D eigenvalue weighted by Crippen LogP contribution is 2.26. The number of carbonyl (C=O) groups excluding carboxylic acids is 2. The fraction of sp³-hybridized carbons (Fsp3) is 0.667. The molecule has 0 aliphatic carbocycles. The molecule has 1 rings (SSSR count). The predicted octanol–water partition coefficient (Wildman–Crippen LogP) is 4.26. The maximum absolute atomic E-state index is 12.1. The summed E-state index contributed by atoms with van der Waals surface area (Å²) in [6.07, 6.45) is 5.73. The van der Waals surface area contributed by atoms with E-state index < -0.39 is 5.97 Å². The van der Waals surface area contributed by atoms with E-state index >= 15 is 0 Å². The first-order chi connectivity index (χ1) is 10.3. The van der Waals surface area contributed by atoms with Crippen molar-refractivity contribution in [2.24, 2.45) is 5.92 Å². The van der Waals surface area contributed by atoms with E-state index in [4.69, 9.17) is 4.74 Å². The van der Waals surface area contributed by atoms with Crippen molar-refractivity contribution in [1.29, 1.82) is 0 Å². The van der Waals surface area contributed by atoms with E-state index in [0.29, 0.717) is 25.2 Å². The third-order valence-corrected chi connectivity index (χ3v) is 3.82. The van der Waals surface area contributed by atoms with Crippen LogP contribution in [0.25, 0.3) is 0 Å². The molecule has 4 nitrogen and oxygen atoms in total. The van der Waals surface area contributed by atoms with Crippen LogP contribution in [0.1, 0.15) is 66.2 Å². The highest BCUT2D eigenvalue weighted by molar-refractivity contribution is 6.19. The van der Waals surface area contributed by atoms with Crippen LogP contribution in [0.3, 0.4) is 0 Å². The second-order valence-electron chi connectivity index (χ2n) is 6.43. The predicted molar refractivity (Wildman–Crippen MR) is 86.5 cm³/mol. The average molecular weight is 308 g/mol. The Kier molecular flexibility index (Phi) is 7.36. The van der Waals surface area contributed by atoms with Crippen LogP contribution in [-0.4, -0.2) is 23.0 Å². The molecule has 0 aromatic rings. The summed E-state index contributed by atoms with van der Waals surface area (Å²) < 4.78 is 5.34. The summed E-state index contributed by atoms with van der Waals surface area (Å²) in [6.45, 7) is 8.13. The van der Waals surface area contributed by atoms with E-state index in [9.17, 15) is 14.7 Å². The number of aliphatic hydroxyl groups is 1. The molecular weight excluding hydrogens is 280 g/mol. The molecule has 1 aliphatic heterocycles. The molecule has 2 unspecified atom stereocenters. The molecule has 2 atom stereocenters. The summed E-state index contributed by atoms with van der Waals surface area (Å²) in [5.41, 5.74) is 1.16. The standard InChI is InChI=1S/C18H28O4/c1-5-7-15(19)17-16(20)11-14(22-18(17)21)10-13(4)9-6-8-12(2)3/h8,13-14,19H,5-7,9-11H2,1-4H3/b17-15+. The Bertz CT molecular complexity index is 449. The lowest BCUT2D eigenvalue weighted by molar-refractivity contribution is -0.152. The quantitative estimate of drug-likeness (QED) is 0.251. The lowest BCUT2D eigenvalue weighted by atomic mass is 9.91. The number of cyclic esters (lactones) is 1. The average Bonchev–Trinajstić information content (AvgIpc) is 2.37. The molecule has 1 fully saturated rings. The zero-order valence-corrected chi connectivity index (χ0v) is 14.1. The van der Waals surface area contributed by atoms with Crippen LogP contribution >= 0.6 is 0 Å². The number of carbonyl (C=O) groups is 2. The number of hydrogen-bond acceptors (Lipinski definition) is 4. The lowest BCUT2D eigenvalue weighted by Gasteiger charge is -2.26. The van der Waals surface area contributed by atoms with Gasteiger partial charge in [0.1, 0.15) is 17.4 Å². The van der Waals surface area contributed by atoms with Crippen LogP contribution < -0.4 is 0 Å². The minimum absolute atomic E-state index is 0.132. The second-order valence-corrected chi connectivity index (χ2v) is 6.43. The van der Waals surface area contributed by atoms with Crippen LogP contribution in [0.5, 0.6) is 0 Å². The smallest absolute Gasteiger partial charge is 0.345 e. The first kappa shape index (κ1) is 18.5. The van der Waals surface area contributed by atoms with Crippen molar-refractivity contribution in [3.8, 4) is 0 Å². The largest absolute Gasteiger partial charge is 0.511 e. The van der Waals surface area contributed by atoms with E-state index in [-0.39, 0.29) is 29.6 Å². The number of ketones is 1. The van der Waals surface area contributed by atoms with Crippen molar-refractivity contribution in [3.63, 3.8) is 0 Å². The van der Waals surface area contributed by atoms with Gasteiger partial charge in [0.2, 0.25) is 0 Å². The van der Waals surface area contributed by atoms with E-state index in [1.165, 1.54) is 5.57 Å². The minimum Gasteiger partial charge on any atom is -0.511 e. The van der Waals surface area contributed by atoms with Gasteiger partial charge < -0.3 is 9.84 Å². The van der Waals surface area contributed by atoms with Gasteiger partial charge in [-0.2, -0.15) is 0 Å². The van der Waals surface area contributed by atoms with Crippen LogP contribution in [0, 0.1) is 5.92 Å². The Morgan fingerprint density at radius 3 is 2.64 bits per heavy atom. The molecular formula is C18H28O4. The van der Waals surface area contributed by atoms with Gasteiger partial charge in [-0.3, -0.25) is 4.79 Å². The molecule has 0 amide bonds. The third kappa shape index (κ3) is 5.66. The molecule has 0 aromatic heterocycles. The number of rotatable bonds is 7. The number of Topliss-reactive ketones (excluding diaryl/α,β-unsaturated/α-hetero) is 1. The van der Waals surface area contributed by atoms with Crippen LogP contribution in [0.4, 0.5) is 0 Å². The Balaban J connectivity index is 2.57. The summed E-state index contributed by atoms with van der Waals surface area (Å²) in [5, 5.41) is 9.80. The maximum atomic E-state index is 12.1. The van der Waals surface area contributed by atoms with Crippen molar-refractivity contribution < 1.29 is 19.4 Å². The lowest BCUT2D eigenvalue weighted by Crippen LogP contribution is -2.34. The molecule has 0 bridgehead atoms. The fourth-order valence-electron chi connectivity index (χ4n) is 2.67. The minimum atomic E-state index is -0.663. The van der Waals surface area contributed by atoms with Gasteiger partial charge in [-0.25, -0.2) is 4.79 Å². The van der Waals surface area contributed by atoms with Crippen molar-refractivity contribution >= 4 is 11.8 Å². The Morgan fingerprint density at radius 1 is 1.41 bits per heavy atom. The topological polar surface area (TPSA) is 63.6 Å². The number of allylic oxidation sites excluding steroid dienone is 3. The molecule has 0 radical (unpaired) electrons. The van der Waals surface area contributed by atoms with E-state index in [1.54, 1.807) is 0 Å². The first-order valence-electron chi connectivity index (χ1n) is 8.14. The van der Waals surface area contributed by atoms with Crippen molar-refractivity contribution in [1.82, 2.24) is 0 Å². The number of esters is 1. The Labute approximate surface area is 133 Å². The second kappa shape index (κ2) is 8.76. The van der Waals surface area contributed by atoms with Crippen molar-refractivity contribution in [2.45, 2.75) is 72.3 Å². The van der Waals surface area contributed by atoms with E-state index in [1.807, 2.05) is 6.92 Å². The first-order valence-corrected chi connectivity index (χ1v) is 8.14. The van der Waals surface area contributed by atoms with E-state index in [2.05, 4.69) is 26.8 Å². The van der Waals surface area contributed by atoms with Crippen LogP contribution in [0.2, 0.25) is 0 Å². The summed E-state index contributed by atoms with van der Waals surface area (Å²) in [6, 6.07) is 0. The SMILES string of the molecule is CCC/C(O)=C1/C(=O)CC(CC(C)CCC=C(C)C)OC1=O. The van der Waals surface area contributed by atoms with Gasteiger partial charge in [-0.15, -0.1) is 0 Å². The molecule has 0 saturated carbocycles. The third-order valence-electron chi connectivity index (χ3n) is 3.82. The molecule has 1 saturated heterocycles. The van der Waals surface area contributed by atoms with Gasteiger partial charge in [0.25, 0.3) is 0 Å². The molecule has 1 heterocycles. The van der Waals surface area contributed by atoms with Crippen molar-refractivity contribution in [2.75, 3.05) is 0 Å². The summed E-state index contributed by atoms with van der Waals surface area (Å²) in [5.74, 6) is -0.698. The highest BCUT2D eigenvalue weighted by atomic mass is 16.5. The normalized spacial score (nSPS) is 22.1. The van der Waals surface area contributed by atoms with Crippen molar-refractivity contribution in [3.05, 3.63) is 23.0 Å². The van der Waals surface area contributed by atoms with Gasteiger partial charge in [-0.05, 0) is 45.4 Å². The Morgan fingerprint density at radius 2 is 2.09 bits per heavy atom. The van der Waals surface area contributed by atoms with Gasteiger partial charge >= 0.3 is 5.97 Å². The molecule has 1 aliphatic rings. The molecule has 22 heavy (non-hydrogen) atoms. The van der Waals surface area contributed by atoms with Gasteiger partial charge in [0, 0.05) is 12.8 Å². The van der Waals surface area contributed by atoms with Gasteiger partial charge in [0.15, 0.2) is 5.78 Å². The fourth-order valence-corrected chi connectivity index (χ4v) is 2.67. The summed E-state index contributed by atoms with van der Waals surface area (Å²) in [7, 11) is 0. The zero-order valence-electron chi connectivity index (χ0n) is 14.1. The molecule has 0 spiro atoms. The van der Waals surface area contributed by atoms with E-state index in [0.717, 1.165) is 12.8 Å². The van der Waals surface area contributed by atoms with Crippen LogP contribution in [0.15, 0.2) is 23.0 Å². The molecule has 0 aromatic carbocycles.